The molecule has 2 rings (SSSR count). The summed E-state index contributed by atoms with van der Waals surface area (Å²) in [5.41, 5.74) is 0.643. The highest BCUT2D eigenvalue weighted by Gasteiger charge is 2.25. The van der Waals surface area contributed by atoms with Crippen molar-refractivity contribution in [1.29, 1.82) is 0 Å². The molecule has 0 saturated carbocycles. The number of aromatic nitrogens is 2. The number of hydrogen-bond acceptors (Lipinski definition) is 4. The fourth-order valence-corrected chi connectivity index (χ4v) is 4.04. The smallest absolute Gasteiger partial charge is 0.193 e. The minimum absolute atomic E-state index is 0.0514. The molecule has 23 heavy (non-hydrogen) atoms. The van der Waals surface area contributed by atoms with Crippen LogP contribution in [0.15, 0.2) is 17.2 Å². The first kappa shape index (κ1) is 18.0. The zero-order chi connectivity index (χ0) is 17.5. The third kappa shape index (κ3) is 3.62. The van der Waals surface area contributed by atoms with Crippen LogP contribution in [0.3, 0.4) is 0 Å². The predicted octanol–water partition coefficient (Wildman–Crippen LogP) is 3.76. The lowest BCUT2D eigenvalue weighted by molar-refractivity contribution is 0.583. The normalized spacial score (nSPS) is 12.0. The van der Waals surface area contributed by atoms with E-state index in [4.69, 9.17) is 23.2 Å². The van der Waals surface area contributed by atoms with Crippen molar-refractivity contribution in [2.24, 2.45) is 7.05 Å². The molecular weight excluding hydrogens is 364 g/mol. The summed E-state index contributed by atoms with van der Waals surface area (Å²) in [6.07, 6.45) is 1.02. The first-order chi connectivity index (χ1) is 10.5. The fourth-order valence-electron chi connectivity index (χ4n) is 2.21. The topological polar surface area (TPSA) is 64.0 Å². The molecule has 0 aliphatic carbocycles. The molecule has 5 nitrogen and oxygen atoms in total. The predicted molar refractivity (Wildman–Crippen MR) is 90.5 cm³/mol. The van der Waals surface area contributed by atoms with Gasteiger partial charge in [-0.05, 0) is 26.0 Å². The summed E-state index contributed by atoms with van der Waals surface area (Å²) in [4.78, 5) is 0. The first-order valence-corrected chi connectivity index (χ1v) is 9.35. The lowest BCUT2D eigenvalue weighted by Crippen LogP contribution is -2.10. The maximum atomic E-state index is 14.3. The Morgan fingerprint density at radius 2 is 1.91 bits per heavy atom. The number of sulfone groups is 1. The Labute approximate surface area is 144 Å². The van der Waals surface area contributed by atoms with Crippen LogP contribution in [-0.4, -0.2) is 30.5 Å². The van der Waals surface area contributed by atoms with Gasteiger partial charge in [-0.25, -0.2) is 12.8 Å². The molecule has 1 N–H and O–H groups in total. The van der Waals surface area contributed by atoms with E-state index < -0.39 is 15.7 Å². The van der Waals surface area contributed by atoms with Crippen LogP contribution in [0.5, 0.6) is 0 Å². The van der Waals surface area contributed by atoms with Crippen LogP contribution in [0.4, 0.5) is 10.1 Å². The van der Waals surface area contributed by atoms with Crippen molar-refractivity contribution in [2.75, 3.05) is 11.6 Å². The second-order valence-corrected chi connectivity index (χ2v) is 8.19. The van der Waals surface area contributed by atoms with Gasteiger partial charge in [-0.15, -0.1) is 0 Å². The van der Waals surface area contributed by atoms with Crippen LogP contribution in [0.2, 0.25) is 10.0 Å². The molecule has 1 heterocycles. The van der Waals surface area contributed by atoms with Gasteiger partial charge in [0.05, 0.1) is 10.7 Å². The second-order valence-electron chi connectivity index (χ2n) is 5.47. The molecule has 0 radical (unpaired) electrons. The van der Waals surface area contributed by atoms with E-state index in [-0.39, 0.29) is 32.4 Å². The van der Waals surface area contributed by atoms with Crippen molar-refractivity contribution in [3.05, 3.63) is 28.0 Å². The first-order valence-electron chi connectivity index (χ1n) is 6.71. The van der Waals surface area contributed by atoms with Crippen molar-refractivity contribution in [3.63, 3.8) is 0 Å². The number of hydrogen-bond donors (Lipinski definition) is 1. The van der Waals surface area contributed by atoms with E-state index >= 15 is 0 Å². The molecule has 0 bridgehead atoms. The van der Waals surface area contributed by atoms with Gasteiger partial charge in [0.1, 0.15) is 16.5 Å². The lowest BCUT2D eigenvalue weighted by Gasteiger charge is -2.13. The molecule has 1 aromatic carbocycles. The third-order valence-electron chi connectivity index (χ3n) is 3.05. The Balaban J connectivity index is 2.68. The molecule has 0 fully saturated rings. The number of anilines is 1. The number of nitrogens with zero attached hydrogens (tertiary/aromatic N) is 2. The van der Waals surface area contributed by atoms with E-state index in [1.54, 1.807) is 0 Å². The number of nitrogens with one attached hydrogen (secondary N) is 1. The summed E-state index contributed by atoms with van der Waals surface area (Å²) in [5.74, 6) is -0.635. The summed E-state index contributed by atoms with van der Waals surface area (Å²) in [6.45, 7) is 3.82. The highest BCUT2D eigenvalue weighted by atomic mass is 35.5. The van der Waals surface area contributed by atoms with Crippen LogP contribution in [0, 0.1) is 5.82 Å². The van der Waals surface area contributed by atoms with Gasteiger partial charge in [-0.2, -0.15) is 5.10 Å². The van der Waals surface area contributed by atoms with E-state index in [0.29, 0.717) is 5.69 Å². The average molecular weight is 380 g/mol. The van der Waals surface area contributed by atoms with Gasteiger partial charge in [0.2, 0.25) is 0 Å². The number of aryl methyl sites for hydroxylation is 1. The van der Waals surface area contributed by atoms with Gasteiger partial charge in [-0.3, -0.25) is 4.68 Å². The van der Waals surface area contributed by atoms with Crippen molar-refractivity contribution in [2.45, 2.75) is 24.9 Å². The monoisotopic (exact) mass is 379 g/mol. The van der Waals surface area contributed by atoms with Gasteiger partial charge in [0, 0.05) is 24.9 Å². The Morgan fingerprint density at radius 3 is 2.39 bits per heavy atom. The van der Waals surface area contributed by atoms with Crippen LogP contribution in [0.25, 0.3) is 11.3 Å². The summed E-state index contributed by atoms with van der Waals surface area (Å²) >= 11 is 12.2. The van der Waals surface area contributed by atoms with Crippen molar-refractivity contribution >= 4 is 38.7 Å². The molecular formula is C14H16Cl2FN3O2S. The average Bonchev–Trinajstić information content (AvgIpc) is 2.67. The van der Waals surface area contributed by atoms with Crippen molar-refractivity contribution in [3.8, 4) is 11.3 Å². The van der Waals surface area contributed by atoms with E-state index in [0.717, 1.165) is 17.0 Å². The Morgan fingerprint density at radius 1 is 1.30 bits per heavy atom. The maximum Gasteiger partial charge on any atom is 0.193 e. The number of rotatable bonds is 4. The minimum Gasteiger partial charge on any atom is -0.382 e. The second kappa shape index (κ2) is 6.30. The molecule has 126 valence electrons. The third-order valence-corrected chi connectivity index (χ3v) is 5.00. The van der Waals surface area contributed by atoms with Crippen LogP contribution >= 0.6 is 23.2 Å². The SMILES string of the molecule is CC(C)Nc1cc(-c2nn(C)c(S(C)(=O)=O)c2Cl)c(F)cc1Cl. The zero-order valence-corrected chi connectivity index (χ0v) is 15.3. The van der Waals surface area contributed by atoms with Crippen LogP contribution in [-0.2, 0) is 16.9 Å². The summed E-state index contributed by atoms with van der Waals surface area (Å²) in [7, 11) is -2.16. The standard InChI is InChI=1S/C14H16Cl2FN3O2S/c1-7(2)18-11-5-8(10(17)6-9(11)15)13-12(16)14(20(3)19-13)23(4,21)22/h5-7,18H,1-4H3. The molecule has 2 aromatic rings. The molecule has 1 aromatic heterocycles. The van der Waals surface area contributed by atoms with Gasteiger partial charge in [0.15, 0.2) is 14.9 Å². The van der Waals surface area contributed by atoms with E-state index in [9.17, 15) is 12.8 Å². The van der Waals surface area contributed by atoms with Crippen molar-refractivity contribution in [1.82, 2.24) is 9.78 Å². The minimum atomic E-state index is -3.60. The molecule has 9 heteroatoms. The number of halogens is 3. The molecule has 0 atom stereocenters. The zero-order valence-electron chi connectivity index (χ0n) is 13.0. The molecule has 0 amide bonds. The van der Waals surface area contributed by atoms with Gasteiger partial charge in [0.25, 0.3) is 0 Å². The van der Waals surface area contributed by atoms with Crippen LogP contribution < -0.4 is 5.32 Å². The lowest BCUT2D eigenvalue weighted by atomic mass is 10.1. The van der Waals surface area contributed by atoms with E-state index in [1.165, 1.54) is 13.1 Å². The fraction of sp³-hybridized carbons (Fsp3) is 0.357. The summed E-state index contributed by atoms with van der Waals surface area (Å²) in [6, 6.07) is 2.70. The largest absolute Gasteiger partial charge is 0.382 e. The van der Waals surface area contributed by atoms with Crippen LogP contribution in [0.1, 0.15) is 13.8 Å². The van der Waals surface area contributed by atoms with Gasteiger partial charge >= 0.3 is 0 Å². The van der Waals surface area contributed by atoms with Crippen molar-refractivity contribution < 1.29 is 12.8 Å². The highest BCUT2D eigenvalue weighted by Crippen LogP contribution is 2.37. The highest BCUT2D eigenvalue weighted by molar-refractivity contribution is 7.90. The molecule has 0 saturated heterocycles. The molecule has 0 aliphatic heterocycles. The molecule has 0 aliphatic rings. The molecule has 0 spiro atoms. The van der Waals surface area contributed by atoms with Gasteiger partial charge in [-0.1, -0.05) is 23.2 Å². The maximum absolute atomic E-state index is 14.3. The van der Waals surface area contributed by atoms with E-state index in [2.05, 4.69) is 10.4 Å². The quantitative estimate of drug-likeness (QED) is 0.878. The van der Waals surface area contributed by atoms with E-state index in [1.807, 2.05) is 13.8 Å². The van der Waals surface area contributed by atoms with Gasteiger partial charge < -0.3 is 5.32 Å². The Kier molecular flexibility index (Phi) is 4.94. The number of benzene rings is 1. The summed E-state index contributed by atoms with van der Waals surface area (Å²) in [5, 5.41) is 7.07. The molecule has 0 unspecified atom stereocenters. The Hall–Kier alpha value is -1.31. The summed E-state index contributed by atoms with van der Waals surface area (Å²) < 4.78 is 39.0. The Bertz CT molecular complexity index is 863.